The van der Waals surface area contributed by atoms with E-state index in [1.165, 1.54) is 13.2 Å². The third kappa shape index (κ3) is 1.95. The van der Waals surface area contributed by atoms with Crippen LogP contribution in [0.5, 0.6) is 5.75 Å². The Morgan fingerprint density at radius 1 is 1.50 bits per heavy atom. The van der Waals surface area contributed by atoms with Gasteiger partial charge in [0.15, 0.2) is 11.6 Å². The Morgan fingerprint density at radius 2 is 2.25 bits per heavy atom. The molecule has 1 rings (SSSR count). The number of methoxy groups -OCH3 is 1. The molecule has 0 amide bonds. The zero-order chi connectivity index (χ0) is 8.97. The maximum absolute atomic E-state index is 12.9. The number of rotatable bonds is 3. The van der Waals surface area contributed by atoms with Crippen LogP contribution in [0.2, 0.25) is 0 Å². The molecule has 0 atom stereocenters. The quantitative estimate of drug-likeness (QED) is 0.741. The van der Waals surface area contributed by atoms with E-state index in [-0.39, 0.29) is 11.6 Å². The van der Waals surface area contributed by atoms with Crippen molar-refractivity contribution in [1.29, 1.82) is 0 Å². The van der Waals surface area contributed by atoms with Gasteiger partial charge in [0.25, 0.3) is 0 Å². The van der Waals surface area contributed by atoms with Gasteiger partial charge in [0.05, 0.1) is 7.11 Å². The summed E-state index contributed by atoms with van der Waals surface area (Å²) in [7, 11) is 1.45. The van der Waals surface area contributed by atoms with Crippen molar-refractivity contribution in [3.63, 3.8) is 0 Å². The average molecular weight is 169 g/mol. The van der Waals surface area contributed by atoms with Crippen molar-refractivity contribution in [3.05, 3.63) is 29.6 Å². The lowest BCUT2D eigenvalue weighted by molar-refractivity contribution is 0.386. The summed E-state index contributed by atoms with van der Waals surface area (Å²) in [4.78, 5) is 0. The highest BCUT2D eigenvalue weighted by Gasteiger charge is 2.01. The summed E-state index contributed by atoms with van der Waals surface area (Å²) in [5.74, 6) is -0.0563. The number of hydrogen-bond acceptors (Lipinski definition) is 2. The topological polar surface area (TPSA) is 35.2 Å². The van der Waals surface area contributed by atoms with Gasteiger partial charge in [0.2, 0.25) is 0 Å². The first kappa shape index (κ1) is 9.00. The molecule has 0 aliphatic heterocycles. The Morgan fingerprint density at radius 3 is 2.83 bits per heavy atom. The third-order valence-corrected chi connectivity index (χ3v) is 1.65. The van der Waals surface area contributed by atoms with Crippen LogP contribution >= 0.6 is 0 Å². The Bertz CT molecular complexity index is 263. The van der Waals surface area contributed by atoms with Crippen LogP contribution < -0.4 is 10.5 Å². The summed E-state index contributed by atoms with van der Waals surface area (Å²) in [5.41, 5.74) is 6.35. The first-order valence-corrected chi connectivity index (χ1v) is 3.80. The number of halogens is 1. The first-order valence-electron chi connectivity index (χ1n) is 3.80. The SMILES string of the molecule is COc1cc(CCN)ccc1F. The largest absolute Gasteiger partial charge is 0.494 e. The molecule has 1 aromatic rings. The molecule has 2 N–H and O–H groups in total. The van der Waals surface area contributed by atoms with E-state index in [0.29, 0.717) is 6.54 Å². The van der Waals surface area contributed by atoms with Gasteiger partial charge in [0.1, 0.15) is 0 Å². The predicted molar refractivity (Wildman–Crippen MR) is 45.7 cm³/mol. The minimum Gasteiger partial charge on any atom is -0.494 e. The van der Waals surface area contributed by atoms with Crippen LogP contribution in [-0.4, -0.2) is 13.7 Å². The van der Waals surface area contributed by atoms with Crippen molar-refractivity contribution in [2.75, 3.05) is 13.7 Å². The second-order valence-electron chi connectivity index (χ2n) is 2.51. The fraction of sp³-hybridized carbons (Fsp3) is 0.333. The van der Waals surface area contributed by atoms with Crippen LogP contribution in [0.3, 0.4) is 0 Å². The standard InChI is InChI=1S/C9H12FNO/c1-12-9-6-7(4-5-11)2-3-8(9)10/h2-3,6H,4-5,11H2,1H3. The summed E-state index contributed by atoms with van der Waals surface area (Å²) < 4.78 is 17.7. The molecular weight excluding hydrogens is 157 g/mol. The molecule has 0 saturated heterocycles. The summed E-state index contributed by atoms with van der Waals surface area (Å²) >= 11 is 0. The Kier molecular flexibility index (Phi) is 3.05. The van der Waals surface area contributed by atoms with E-state index in [9.17, 15) is 4.39 Å². The first-order chi connectivity index (χ1) is 5.77. The van der Waals surface area contributed by atoms with Crippen molar-refractivity contribution in [2.45, 2.75) is 6.42 Å². The summed E-state index contributed by atoms with van der Waals surface area (Å²) in [6.45, 7) is 0.564. The molecule has 0 saturated carbocycles. The molecule has 0 spiro atoms. The normalized spacial score (nSPS) is 9.92. The van der Waals surface area contributed by atoms with Gasteiger partial charge in [-0.1, -0.05) is 6.07 Å². The van der Waals surface area contributed by atoms with Gasteiger partial charge >= 0.3 is 0 Å². The average Bonchev–Trinajstić information content (AvgIpc) is 2.09. The lowest BCUT2D eigenvalue weighted by Gasteiger charge is -2.03. The van der Waals surface area contributed by atoms with Crippen LogP contribution in [0.4, 0.5) is 4.39 Å². The van der Waals surface area contributed by atoms with Crippen LogP contribution in [0, 0.1) is 5.82 Å². The molecule has 0 aromatic heterocycles. The van der Waals surface area contributed by atoms with E-state index in [1.54, 1.807) is 12.1 Å². The lowest BCUT2D eigenvalue weighted by atomic mass is 10.1. The van der Waals surface area contributed by atoms with Gasteiger partial charge in [-0.25, -0.2) is 4.39 Å². The van der Waals surface area contributed by atoms with Crippen LogP contribution in [0.15, 0.2) is 18.2 Å². The maximum Gasteiger partial charge on any atom is 0.165 e. The van der Waals surface area contributed by atoms with Gasteiger partial charge in [-0.15, -0.1) is 0 Å². The van der Waals surface area contributed by atoms with Gasteiger partial charge in [-0.2, -0.15) is 0 Å². The highest BCUT2D eigenvalue weighted by molar-refractivity contribution is 5.30. The fourth-order valence-corrected chi connectivity index (χ4v) is 1.03. The minimum atomic E-state index is -0.335. The van der Waals surface area contributed by atoms with Crippen molar-refractivity contribution in [3.8, 4) is 5.75 Å². The second kappa shape index (κ2) is 4.07. The zero-order valence-electron chi connectivity index (χ0n) is 7.01. The molecule has 0 aliphatic carbocycles. The molecule has 1 aromatic carbocycles. The van der Waals surface area contributed by atoms with E-state index in [0.717, 1.165) is 12.0 Å². The zero-order valence-corrected chi connectivity index (χ0v) is 7.01. The smallest absolute Gasteiger partial charge is 0.165 e. The summed E-state index contributed by atoms with van der Waals surface area (Å²) in [6.07, 6.45) is 0.747. The van der Waals surface area contributed by atoms with Gasteiger partial charge in [-0.3, -0.25) is 0 Å². The van der Waals surface area contributed by atoms with E-state index < -0.39 is 0 Å². The van der Waals surface area contributed by atoms with E-state index in [4.69, 9.17) is 10.5 Å². The molecule has 0 radical (unpaired) electrons. The molecule has 0 bridgehead atoms. The Balaban J connectivity index is 2.89. The number of hydrogen-bond donors (Lipinski definition) is 1. The third-order valence-electron chi connectivity index (χ3n) is 1.65. The number of ether oxygens (including phenoxy) is 1. The highest BCUT2D eigenvalue weighted by atomic mass is 19.1. The molecule has 0 heterocycles. The van der Waals surface area contributed by atoms with Gasteiger partial charge in [0, 0.05) is 0 Å². The Labute approximate surface area is 71.1 Å². The van der Waals surface area contributed by atoms with E-state index >= 15 is 0 Å². The highest BCUT2D eigenvalue weighted by Crippen LogP contribution is 2.17. The lowest BCUT2D eigenvalue weighted by Crippen LogP contribution is -2.03. The van der Waals surface area contributed by atoms with Crippen LogP contribution in [0.1, 0.15) is 5.56 Å². The molecular formula is C9H12FNO. The summed E-state index contributed by atoms with van der Waals surface area (Å²) in [5, 5.41) is 0. The van der Waals surface area contributed by atoms with Crippen molar-refractivity contribution < 1.29 is 9.13 Å². The van der Waals surface area contributed by atoms with Crippen LogP contribution in [0.25, 0.3) is 0 Å². The van der Waals surface area contributed by atoms with Crippen LogP contribution in [-0.2, 0) is 6.42 Å². The second-order valence-corrected chi connectivity index (χ2v) is 2.51. The molecule has 0 fully saturated rings. The van der Waals surface area contributed by atoms with Crippen molar-refractivity contribution in [1.82, 2.24) is 0 Å². The maximum atomic E-state index is 12.9. The molecule has 2 nitrogen and oxygen atoms in total. The molecule has 12 heavy (non-hydrogen) atoms. The van der Waals surface area contributed by atoms with Gasteiger partial charge < -0.3 is 10.5 Å². The van der Waals surface area contributed by atoms with E-state index in [1.807, 2.05) is 0 Å². The van der Waals surface area contributed by atoms with Gasteiger partial charge in [-0.05, 0) is 30.7 Å². The molecule has 0 unspecified atom stereocenters. The number of nitrogens with two attached hydrogens (primary N) is 1. The minimum absolute atomic E-state index is 0.279. The monoisotopic (exact) mass is 169 g/mol. The predicted octanol–water partition coefficient (Wildman–Crippen LogP) is 1.34. The van der Waals surface area contributed by atoms with Crippen molar-refractivity contribution >= 4 is 0 Å². The molecule has 66 valence electrons. The fourth-order valence-electron chi connectivity index (χ4n) is 1.03. The number of benzene rings is 1. The summed E-state index contributed by atoms with van der Waals surface area (Å²) in [6, 6.07) is 4.77. The van der Waals surface area contributed by atoms with Crippen molar-refractivity contribution in [2.24, 2.45) is 5.73 Å². The Hall–Kier alpha value is -1.09. The molecule has 3 heteroatoms. The van der Waals surface area contributed by atoms with E-state index in [2.05, 4.69) is 0 Å². The molecule has 0 aliphatic rings.